The Morgan fingerprint density at radius 1 is 1.36 bits per heavy atom. The lowest BCUT2D eigenvalue weighted by Gasteiger charge is -2.05. The fourth-order valence-corrected chi connectivity index (χ4v) is 1.04. The van der Waals surface area contributed by atoms with Gasteiger partial charge in [-0.15, -0.1) is 0 Å². The molecule has 0 atom stereocenters. The van der Waals surface area contributed by atoms with E-state index in [9.17, 15) is 0 Å². The van der Waals surface area contributed by atoms with E-state index >= 15 is 0 Å². The highest BCUT2D eigenvalue weighted by atomic mass is 16.5. The van der Waals surface area contributed by atoms with Crippen LogP contribution in [0, 0.1) is 0 Å². The van der Waals surface area contributed by atoms with Crippen LogP contribution < -0.4 is 5.43 Å². The van der Waals surface area contributed by atoms with Crippen LogP contribution in [0.25, 0.3) is 0 Å². The smallest absolute Gasteiger partial charge is 0.178 e. The fourth-order valence-electron chi connectivity index (χ4n) is 1.04. The van der Waals surface area contributed by atoms with Gasteiger partial charge >= 0.3 is 0 Å². The lowest BCUT2D eigenvalue weighted by Crippen LogP contribution is -2.05. The summed E-state index contributed by atoms with van der Waals surface area (Å²) in [6.45, 7) is 2.46. The van der Waals surface area contributed by atoms with E-state index in [2.05, 4.69) is 10.5 Å². The number of rotatable bonds is 4. The number of benzene rings is 1. The van der Waals surface area contributed by atoms with E-state index in [0.717, 1.165) is 5.56 Å². The third kappa shape index (κ3) is 3.16. The van der Waals surface area contributed by atoms with Crippen molar-refractivity contribution < 1.29 is 10.2 Å². The Labute approximate surface area is 82.9 Å². The lowest BCUT2D eigenvalue weighted by molar-refractivity contribution is -0.0424. The van der Waals surface area contributed by atoms with Crippen molar-refractivity contribution >= 4 is 6.21 Å². The summed E-state index contributed by atoms with van der Waals surface area (Å²) in [5.74, 6) is 0. The highest BCUT2D eigenvalue weighted by Gasteiger charge is 2.00. The van der Waals surface area contributed by atoms with E-state index in [0.29, 0.717) is 12.1 Å². The van der Waals surface area contributed by atoms with Gasteiger partial charge in [-0.1, -0.05) is 24.3 Å². The number of hydrogen-bond donors (Lipinski definition) is 3. The molecule has 0 aliphatic carbocycles. The lowest BCUT2D eigenvalue weighted by atomic mass is 10.1. The third-order valence-electron chi connectivity index (χ3n) is 1.78. The standard InChI is InChI=1S/C10H14N2O2/c1-2-11-12-7-8-3-5-9(6-4-8)10(13)14/h2-6,10,12-14H,7H2,1H3/b11-2-. The number of nitrogens with one attached hydrogen (secondary N) is 1. The first-order chi connectivity index (χ1) is 6.74. The second kappa shape index (κ2) is 5.36. The summed E-state index contributed by atoms with van der Waals surface area (Å²) in [4.78, 5) is 0. The van der Waals surface area contributed by atoms with Crippen molar-refractivity contribution in [2.24, 2.45) is 5.10 Å². The minimum atomic E-state index is -1.40. The molecule has 0 aliphatic rings. The number of aliphatic hydroxyl groups is 2. The molecule has 0 saturated heterocycles. The van der Waals surface area contributed by atoms with E-state index in [4.69, 9.17) is 10.2 Å². The van der Waals surface area contributed by atoms with Gasteiger partial charge in [0.25, 0.3) is 0 Å². The van der Waals surface area contributed by atoms with Gasteiger partial charge in [0.1, 0.15) is 0 Å². The topological polar surface area (TPSA) is 64.9 Å². The molecule has 3 N–H and O–H groups in total. The molecule has 1 aromatic rings. The van der Waals surface area contributed by atoms with Crippen LogP contribution in [0.4, 0.5) is 0 Å². The summed E-state index contributed by atoms with van der Waals surface area (Å²) < 4.78 is 0. The summed E-state index contributed by atoms with van der Waals surface area (Å²) >= 11 is 0. The minimum Gasteiger partial charge on any atom is -0.364 e. The van der Waals surface area contributed by atoms with E-state index in [1.807, 2.05) is 19.1 Å². The van der Waals surface area contributed by atoms with Crippen LogP contribution in [-0.2, 0) is 6.54 Å². The molecule has 4 nitrogen and oxygen atoms in total. The monoisotopic (exact) mass is 194 g/mol. The van der Waals surface area contributed by atoms with Crippen LogP contribution in [0.2, 0.25) is 0 Å². The second-order valence-corrected chi connectivity index (χ2v) is 2.84. The predicted molar refractivity (Wildman–Crippen MR) is 54.6 cm³/mol. The summed E-state index contributed by atoms with van der Waals surface area (Å²) in [5, 5.41) is 21.5. The number of nitrogens with zero attached hydrogens (tertiary/aromatic N) is 1. The highest BCUT2D eigenvalue weighted by Crippen LogP contribution is 2.10. The number of aliphatic hydroxyl groups excluding tert-OH is 1. The predicted octanol–water partition coefficient (Wildman–Crippen LogP) is 0.765. The molecule has 0 aliphatic heterocycles. The molecule has 1 aromatic carbocycles. The van der Waals surface area contributed by atoms with Crippen LogP contribution >= 0.6 is 0 Å². The normalized spacial score (nSPS) is 11.1. The van der Waals surface area contributed by atoms with Crippen molar-refractivity contribution in [2.45, 2.75) is 19.8 Å². The molecule has 0 aromatic heterocycles. The van der Waals surface area contributed by atoms with Gasteiger partial charge in [0, 0.05) is 11.8 Å². The molecular formula is C10H14N2O2. The summed E-state index contributed by atoms with van der Waals surface area (Å²) in [5.41, 5.74) is 4.38. The van der Waals surface area contributed by atoms with Crippen LogP contribution in [0.3, 0.4) is 0 Å². The third-order valence-corrected chi connectivity index (χ3v) is 1.78. The Kier molecular flexibility index (Phi) is 4.10. The van der Waals surface area contributed by atoms with Gasteiger partial charge in [0.05, 0.1) is 6.54 Å². The zero-order chi connectivity index (χ0) is 10.4. The molecule has 0 unspecified atom stereocenters. The summed E-state index contributed by atoms with van der Waals surface area (Å²) in [6, 6.07) is 7.01. The molecule has 0 fully saturated rings. The maximum atomic E-state index is 8.85. The zero-order valence-electron chi connectivity index (χ0n) is 8.01. The van der Waals surface area contributed by atoms with Gasteiger partial charge in [0.2, 0.25) is 0 Å². The van der Waals surface area contributed by atoms with Gasteiger partial charge in [0.15, 0.2) is 6.29 Å². The first kappa shape index (κ1) is 10.7. The van der Waals surface area contributed by atoms with Gasteiger partial charge in [-0.25, -0.2) is 0 Å². The Morgan fingerprint density at radius 3 is 2.50 bits per heavy atom. The molecule has 0 amide bonds. The first-order valence-corrected chi connectivity index (χ1v) is 4.39. The molecule has 0 heterocycles. The molecule has 1 rings (SSSR count). The average Bonchev–Trinajstić information content (AvgIpc) is 2.19. The van der Waals surface area contributed by atoms with Crippen molar-refractivity contribution in [3.63, 3.8) is 0 Å². The van der Waals surface area contributed by atoms with Crippen molar-refractivity contribution in [3.05, 3.63) is 35.4 Å². The quantitative estimate of drug-likeness (QED) is 0.377. The van der Waals surface area contributed by atoms with Gasteiger partial charge in [-0.2, -0.15) is 5.10 Å². The molecule has 0 radical (unpaired) electrons. The maximum absolute atomic E-state index is 8.85. The maximum Gasteiger partial charge on any atom is 0.178 e. The minimum absolute atomic E-state index is 0.493. The average molecular weight is 194 g/mol. The molecule has 76 valence electrons. The molecule has 14 heavy (non-hydrogen) atoms. The van der Waals surface area contributed by atoms with Crippen LogP contribution in [-0.4, -0.2) is 16.4 Å². The Morgan fingerprint density at radius 2 is 2.00 bits per heavy atom. The Hall–Kier alpha value is -1.39. The molecule has 0 bridgehead atoms. The van der Waals surface area contributed by atoms with Crippen LogP contribution in [0.1, 0.15) is 24.3 Å². The largest absolute Gasteiger partial charge is 0.364 e. The Bertz CT molecular complexity index is 293. The van der Waals surface area contributed by atoms with Crippen LogP contribution in [0.15, 0.2) is 29.4 Å². The fraction of sp³-hybridized carbons (Fsp3) is 0.300. The molecule has 4 heteroatoms. The molecule has 0 saturated carbocycles. The Balaban J connectivity index is 2.55. The zero-order valence-corrected chi connectivity index (χ0v) is 8.01. The van der Waals surface area contributed by atoms with Crippen molar-refractivity contribution in [2.75, 3.05) is 0 Å². The van der Waals surface area contributed by atoms with Gasteiger partial charge in [-0.05, 0) is 12.5 Å². The number of hydrogen-bond acceptors (Lipinski definition) is 4. The molecule has 0 spiro atoms. The summed E-state index contributed by atoms with van der Waals surface area (Å²) in [6.07, 6.45) is 0.275. The van der Waals surface area contributed by atoms with E-state index in [-0.39, 0.29) is 0 Å². The van der Waals surface area contributed by atoms with E-state index in [1.165, 1.54) is 0 Å². The van der Waals surface area contributed by atoms with Crippen LogP contribution in [0.5, 0.6) is 0 Å². The number of hydrazone groups is 1. The molecular weight excluding hydrogens is 180 g/mol. The highest BCUT2D eigenvalue weighted by molar-refractivity contribution is 5.52. The first-order valence-electron chi connectivity index (χ1n) is 4.39. The summed E-state index contributed by atoms with van der Waals surface area (Å²) in [7, 11) is 0. The van der Waals surface area contributed by atoms with Crippen molar-refractivity contribution in [3.8, 4) is 0 Å². The van der Waals surface area contributed by atoms with Gasteiger partial charge < -0.3 is 15.6 Å². The SMILES string of the molecule is C/C=N\NCc1ccc(C(O)O)cc1. The van der Waals surface area contributed by atoms with E-state index < -0.39 is 6.29 Å². The second-order valence-electron chi connectivity index (χ2n) is 2.84. The van der Waals surface area contributed by atoms with Crippen molar-refractivity contribution in [1.29, 1.82) is 0 Å². The van der Waals surface area contributed by atoms with Crippen molar-refractivity contribution in [1.82, 2.24) is 5.43 Å². The van der Waals surface area contributed by atoms with E-state index in [1.54, 1.807) is 18.3 Å². The van der Waals surface area contributed by atoms with Gasteiger partial charge in [-0.3, -0.25) is 0 Å².